The quantitative estimate of drug-likeness (QED) is 0.446. The van der Waals surface area contributed by atoms with Crippen LogP contribution >= 0.6 is 0 Å². The average Bonchev–Trinajstić information content (AvgIpc) is 2.45. The number of hydrogen-bond donors (Lipinski definition) is 0. The second kappa shape index (κ2) is 7.53. The van der Waals surface area contributed by atoms with Crippen molar-refractivity contribution < 1.29 is 31.8 Å². The van der Waals surface area contributed by atoms with E-state index in [9.17, 15) is 32.3 Å². The third kappa shape index (κ3) is 5.31. The van der Waals surface area contributed by atoms with Crippen LogP contribution in [0.15, 0.2) is 23.1 Å². The number of nitro benzene ring substituents is 1. The van der Waals surface area contributed by atoms with Crippen molar-refractivity contribution in [3.63, 3.8) is 0 Å². The molecule has 0 N–H and O–H groups in total. The molecule has 10 heteroatoms. The van der Waals surface area contributed by atoms with E-state index in [2.05, 4.69) is 0 Å². The van der Waals surface area contributed by atoms with Gasteiger partial charge in [-0.3, -0.25) is 19.1 Å². The maximum Gasteiger partial charge on any atom is 0.416 e. The molecule has 1 aromatic rings. The number of esters is 1. The molecule has 0 aromatic heterocycles. The molecule has 128 valence electrons. The Labute approximate surface area is 132 Å². The third-order valence-corrected chi connectivity index (χ3v) is 4.22. The summed E-state index contributed by atoms with van der Waals surface area (Å²) in [4.78, 5) is 20.9. The summed E-state index contributed by atoms with van der Waals surface area (Å²) in [6.07, 6.45) is -4.65. The number of alkyl halides is 3. The zero-order valence-corrected chi connectivity index (χ0v) is 13.1. The normalized spacial score (nSPS) is 14.1. The molecular weight excluding hydrogens is 339 g/mol. The maximum absolute atomic E-state index is 12.6. The first-order valence-electron chi connectivity index (χ1n) is 6.49. The minimum Gasteiger partial charge on any atom is -0.462 e. The summed E-state index contributed by atoms with van der Waals surface area (Å²) < 4.78 is 54.7. The number of ether oxygens (including phenoxy) is 1. The van der Waals surface area contributed by atoms with Crippen LogP contribution in [0.4, 0.5) is 18.9 Å². The smallest absolute Gasteiger partial charge is 0.416 e. The van der Waals surface area contributed by atoms with E-state index < -0.39 is 55.9 Å². The minimum atomic E-state index is -4.76. The Bertz CT molecular complexity index is 633. The van der Waals surface area contributed by atoms with Gasteiger partial charge in [-0.15, -0.1) is 0 Å². The lowest BCUT2D eigenvalue weighted by Gasteiger charge is -2.11. The van der Waals surface area contributed by atoms with Crippen molar-refractivity contribution in [2.75, 3.05) is 5.75 Å². The fourth-order valence-corrected chi connectivity index (χ4v) is 2.58. The second-order valence-corrected chi connectivity index (χ2v) is 6.06. The van der Waals surface area contributed by atoms with Gasteiger partial charge in [0.2, 0.25) is 0 Å². The molecule has 0 aliphatic carbocycles. The summed E-state index contributed by atoms with van der Waals surface area (Å²) in [7, 11) is -2.18. The summed E-state index contributed by atoms with van der Waals surface area (Å²) in [6.45, 7) is 3.37. The lowest BCUT2D eigenvalue weighted by Crippen LogP contribution is -2.20. The molecular formula is C13H14F3NO5S. The zero-order chi connectivity index (χ0) is 17.8. The highest BCUT2D eigenvalue weighted by atomic mass is 32.2. The van der Waals surface area contributed by atoms with E-state index in [-0.39, 0.29) is 0 Å². The molecule has 0 bridgehead atoms. The molecule has 0 aliphatic heterocycles. The molecule has 6 nitrogen and oxygen atoms in total. The van der Waals surface area contributed by atoms with Crippen molar-refractivity contribution in [3.8, 4) is 0 Å². The van der Waals surface area contributed by atoms with Crippen LogP contribution in [0.1, 0.15) is 25.8 Å². The van der Waals surface area contributed by atoms with Crippen molar-refractivity contribution in [3.05, 3.63) is 33.9 Å². The highest BCUT2D eigenvalue weighted by molar-refractivity contribution is 7.85. The highest BCUT2D eigenvalue weighted by Crippen LogP contribution is 2.34. The summed E-state index contributed by atoms with van der Waals surface area (Å²) in [5, 5.41) is 10.9. The molecule has 0 saturated carbocycles. The van der Waals surface area contributed by atoms with E-state index in [1.54, 1.807) is 13.8 Å². The molecule has 0 amide bonds. The van der Waals surface area contributed by atoms with Crippen LogP contribution in [0.5, 0.6) is 0 Å². The van der Waals surface area contributed by atoms with Gasteiger partial charge in [0.05, 0.1) is 27.4 Å². The van der Waals surface area contributed by atoms with Gasteiger partial charge >= 0.3 is 12.1 Å². The second-order valence-electron chi connectivity index (χ2n) is 4.64. The van der Waals surface area contributed by atoms with Gasteiger partial charge in [0.1, 0.15) is 10.6 Å². The Balaban J connectivity index is 3.05. The van der Waals surface area contributed by atoms with Crippen LogP contribution in [0, 0.1) is 10.1 Å². The average molecular weight is 353 g/mol. The molecule has 0 radical (unpaired) electrons. The Hall–Kier alpha value is -1.97. The summed E-state index contributed by atoms with van der Waals surface area (Å²) in [5.41, 5.74) is -2.18. The first-order valence-corrected chi connectivity index (χ1v) is 7.81. The van der Waals surface area contributed by atoms with Gasteiger partial charge < -0.3 is 4.74 Å². The number of halogens is 3. The van der Waals surface area contributed by atoms with Gasteiger partial charge in [-0.05, 0) is 25.5 Å². The van der Waals surface area contributed by atoms with E-state index >= 15 is 0 Å². The largest absolute Gasteiger partial charge is 0.462 e. The van der Waals surface area contributed by atoms with Crippen LogP contribution < -0.4 is 0 Å². The van der Waals surface area contributed by atoms with E-state index in [1.165, 1.54) is 0 Å². The first-order chi connectivity index (χ1) is 10.6. The van der Waals surface area contributed by atoms with Gasteiger partial charge in [-0.1, -0.05) is 6.92 Å². The minimum absolute atomic E-state index is 0.299. The monoisotopic (exact) mass is 353 g/mol. The highest BCUT2D eigenvalue weighted by Gasteiger charge is 2.34. The Morgan fingerprint density at radius 2 is 2.04 bits per heavy atom. The number of nitrogens with zero attached hydrogens (tertiary/aromatic N) is 1. The molecule has 0 unspecified atom stereocenters. The third-order valence-electron chi connectivity index (χ3n) is 2.88. The van der Waals surface area contributed by atoms with Crippen LogP contribution in [-0.4, -0.2) is 27.0 Å². The van der Waals surface area contributed by atoms with Crippen molar-refractivity contribution in [2.45, 2.75) is 37.4 Å². The molecule has 0 heterocycles. The number of carbonyl (C=O) groups is 1. The van der Waals surface area contributed by atoms with Crippen LogP contribution in [0.25, 0.3) is 0 Å². The summed E-state index contributed by atoms with van der Waals surface area (Å²) in [5.74, 6) is -1.51. The number of carbonyl (C=O) groups excluding carboxylic acids is 1. The molecule has 1 rings (SSSR count). The SMILES string of the molecule is CC[C@H](C)OC(=O)C[S@@](=O)c1ccc(C(F)(F)F)cc1[N+](=O)[O-]. The van der Waals surface area contributed by atoms with Gasteiger partial charge in [0, 0.05) is 6.07 Å². The fourth-order valence-electron chi connectivity index (χ4n) is 1.56. The van der Waals surface area contributed by atoms with Gasteiger partial charge in [0.25, 0.3) is 5.69 Å². The van der Waals surface area contributed by atoms with Crippen LogP contribution in [0.2, 0.25) is 0 Å². The van der Waals surface area contributed by atoms with Crippen molar-refractivity contribution in [1.82, 2.24) is 0 Å². The Morgan fingerprint density at radius 1 is 1.43 bits per heavy atom. The molecule has 0 fully saturated rings. The molecule has 0 aliphatic rings. The predicted octanol–water partition coefficient (Wildman–Crippen LogP) is 3.06. The zero-order valence-electron chi connectivity index (χ0n) is 12.3. The fraction of sp³-hybridized carbons (Fsp3) is 0.462. The number of nitro groups is 1. The Morgan fingerprint density at radius 3 is 2.52 bits per heavy atom. The number of rotatable bonds is 6. The van der Waals surface area contributed by atoms with Gasteiger partial charge in [0.15, 0.2) is 0 Å². The maximum atomic E-state index is 12.6. The first kappa shape index (κ1) is 19.1. The van der Waals surface area contributed by atoms with E-state index in [0.717, 1.165) is 6.07 Å². The lowest BCUT2D eigenvalue weighted by molar-refractivity contribution is -0.388. The van der Waals surface area contributed by atoms with E-state index in [1.807, 2.05) is 0 Å². The number of benzene rings is 1. The predicted molar refractivity (Wildman–Crippen MR) is 75.2 cm³/mol. The summed E-state index contributed by atoms with van der Waals surface area (Å²) in [6, 6.07) is 1.63. The molecule has 0 saturated heterocycles. The van der Waals surface area contributed by atoms with E-state index in [4.69, 9.17) is 4.74 Å². The van der Waals surface area contributed by atoms with Crippen molar-refractivity contribution in [2.24, 2.45) is 0 Å². The molecule has 2 atom stereocenters. The van der Waals surface area contributed by atoms with Crippen molar-refractivity contribution >= 4 is 22.5 Å². The van der Waals surface area contributed by atoms with Gasteiger partial charge in [-0.2, -0.15) is 13.2 Å². The topological polar surface area (TPSA) is 86.5 Å². The molecule has 0 spiro atoms. The van der Waals surface area contributed by atoms with Crippen molar-refractivity contribution in [1.29, 1.82) is 0 Å². The number of hydrogen-bond acceptors (Lipinski definition) is 5. The van der Waals surface area contributed by atoms with Crippen LogP contribution in [-0.2, 0) is 26.5 Å². The Kier molecular flexibility index (Phi) is 6.25. The molecule has 23 heavy (non-hydrogen) atoms. The lowest BCUT2D eigenvalue weighted by atomic mass is 10.2. The standard InChI is InChI=1S/C13H14F3NO5S/c1-3-8(2)22-12(18)7-23(21)11-5-4-9(13(14,15)16)6-10(11)17(19)20/h4-6,8H,3,7H2,1-2H3/t8-,23+/m0/s1. The van der Waals surface area contributed by atoms with E-state index in [0.29, 0.717) is 18.6 Å². The van der Waals surface area contributed by atoms with Crippen LogP contribution in [0.3, 0.4) is 0 Å². The molecule has 1 aromatic carbocycles. The van der Waals surface area contributed by atoms with Gasteiger partial charge in [-0.25, -0.2) is 0 Å². The summed E-state index contributed by atoms with van der Waals surface area (Å²) >= 11 is 0.